The number of hydrogen-bond donors (Lipinski definition) is 1. The van der Waals surface area contributed by atoms with E-state index in [4.69, 9.17) is 23.1 Å². The number of aliphatic hydroxyl groups is 1. The van der Waals surface area contributed by atoms with Crippen molar-refractivity contribution >= 4 is 11.6 Å². The largest absolute Gasteiger partial charge is 0.374 e. The standard InChI is InChI=1S/C8H6ClNO/c1-2-7(11)8-6(9)4-3-5-10-8/h1,3-5,7,11H/t7-/m0/s1. The van der Waals surface area contributed by atoms with Crippen molar-refractivity contribution in [3.8, 4) is 12.3 Å². The van der Waals surface area contributed by atoms with Gasteiger partial charge in [0.05, 0.1) is 10.7 Å². The lowest BCUT2D eigenvalue weighted by molar-refractivity contribution is 0.233. The molecule has 0 aliphatic rings. The van der Waals surface area contributed by atoms with E-state index in [0.29, 0.717) is 10.7 Å². The van der Waals surface area contributed by atoms with E-state index >= 15 is 0 Å². The van der Waals surface area contributed by atoms with Crippen LogP contribution in [0.3, 0.4) is 0 Å². The molecule has 0 bridgehead atoms. The minimum absolute atomic E-state index is 0.330. The molecule has 0 spiro atoms. The number of aromatic nitrogens is 1. The average molecular weight is 168 g/mol. The van der Waals surface area contributed by atoms with Gasteiger partial charge in [0.15, 0.2) is 6.10 Å². The summed E-state index contributed by atoms with van der Waals surface area (Å²) in [6.07, 6.45) is 5.49. The Labute approximate surface area is 69.8 Å². The highest BCUT2D eigenvalue weighted by Gasteiger charge is 2.07. The van der Waals surface area contributed by atoms with Gasteiger partial charge in [-0.05, 0) is 12.1 Å². The van der Waals surface area contributed by atoms with Crippen LogP contribution < -0.4 is 0 Å². The van der Waals surface area contributed by atoms with Crippen LogP contribution in [0.4, 0.5) is 0 Å². The van der Waals surface area contributed by atoms with Crippen LogP contribution in [0.1, 0.15) is 11.8 Å². The molecule has 0 aliphatic carbocycles. The molecule has 0 unspecified atom stereocenters. The molecule has 1 heterocycles. The minimum atomic E-state index is -1.01. The molecule has 0 saturated heterocycles. The van der Waals surface area contributed by atoms with Gasteiger partial charge in [0, 0.05) is 6.20 Å². The lowest BCUT2D eigenvalue weighted by atomic mass is 10.2. The van der Waals surface area contributed by atoms with Crippen LogP contribution in [-0.2, 0) is 0 Å². The Bertz CT molecular complexity index is 292. The lowest BCUT2D eigenvalue weighted by Gasteiger charge is -2.02. The minimum Gasteiger partial charge on any atom is -0.374 e. The molecule has 0 fully saturated rings. The first kappa shape index (κ1) is 8.06. The molecule has 0 radical (unpaired) electrons. The van der Waals surface area contributed by atoms with Crippen LogP contribution in [0, 0.1) is 12.3 Å². The van der Waals surface area contributed by atoms with E-state index in [-0.39, 0.29) is 0 Å². The first-order chi connectivity index (χ1) is 5.25. The molecule has 1 rings (SSSR count). The molecule has 1 atom stereocenters. The van der Waals surface area contributed by atoms with Gasteiger partial charge >= 0.3 is 0 Å². The summed E-state index contributed by atoms with van der Waals surface area (Å²) in [5.74, 6) is 2.13. The Balaban J connectivity index is 3.05. The summed E-state index contributed by atoms with van der Waals surface area (Å²) < 4.78 is 0. The molecule has 11 heavy (non-hydrogen) atoms. The second-order valence-electron chi connectivity index (χ2n) is 1.94. The Morgan fingerprint density at radius 3 is 3.00 bits per heavy atom. The number of nitrogens with zero attached hydrogens (tertiary/aromatic N) is 1. The highest BCUT2D eigenvalue weighted by atomic mass is 35.5. The molecular formula is C8H6ClNO. The zero-order chi connectivity index (χ0) is 8.27. The zero-order valence-corrected chi connectivity index (χ0v) is 6.42. The number of hydrogen-bond acceptors (Lipinski definition) is 2. The van der Waals surface area contributed by atoms with Crippen molar-refractivity contribution in [3.05, 3.63) is 29.0 Å². The van der Waals surface area contributed by atoms with E-state index in [1.54, 1.807) is 12.1 Å². The number of rotatable bonds is 1. The molecule has 1 aromatic rings. The quantitative estimate of drug-likeness (QED) is 0.642. The molecule has 1 N–H and O–H groups in total. The van der Waals surface area contributed by atoms with E-state index in [2.05, 4.69) is 10.9 Å². The number of pyridine rings is 1. The fraction of sp³-hybridized carbons (Fsp3) is 0.125. The molecule has 0 aromatic carbocycles. The third-order valence-electron chi connectivity index (χ3n) is 1.20. The fourth-order valence-electron chi connectivity index (χ4n) is 0.678. The third kappa shape index (κ3) is 1.70. The molecule has 0 amide bonds. The summed E-state index contributed by atoms with van der Waals surface area (Å²) in [6.45, 7) is 0. The summed E-state index contributed by atoms with van der Waals surface area (Å²) in [5.41, 5.74) is 0.330. The second-order valence-corrected chi connectivity index (χ2v) is 2.35. The van der Waals surface area contributed by atoms with Gasteiger partial charge in [0.25, 0.3) is 0 Å². The Kier molecular flexibility index (Phi) is 2.48. The fourth-order valence-corrected chi connectivity index (χ4v) is 0.903. The zero-order valence-electron chi connectivity index (χ0n) is 5.66. The smallest absolute Gasteiger partial charge is 0.158 e. The van der Waals surface area contributed by atoms with Gasteiger partial charge in [0.2, 0.25) is 0 Å². The van der Waals surface area contributed by atoms with Crippen molar-refractivity contribution in [3.63, 3.8) is 0 Å². The van der Waals surface area contributed by atoms with Crippen molar-refractivity contribution in [2.45, 2.75) is 6.10 Å². The van der Waals surface area contributed by atoms with Crippen LogP contribution in [0.25, 0.3) is 0 Å². The Hall–Kier alpha value is -1.04. The monoisotopic (exact) mass is 167 g/mol. The number of halogens is 1. The van der Waals surface area contributed by atoms with Gasteiger partial charge < -0.3 is 5.11 Å². The van der Waals surface area contributed by atoms with Crippen LogP contribution in [0.5, 0.6) is 0 Å². The van der Waals surface area contributed by atoms with Crippen LogP contribution >= 0.6 is 11.6 Å². The molecular weight excluding hydrogens is 162 g/mol. The van der Waals surface area contributed by atoms with Gasteiger partial charge in [-0.1, -0.05) is 17.5 Å². The van der Waals surface area contributed by atoms with E-state index in [0.717, 1.165) is 0 Å². The SMILES string of the molecule is C#C[C@H](O)c1ncccc1Cl. The van der Waals surface area contributed by atoms with Crippen molar-refractivity contribution < 1.29 is 5.11 Å². The molecule has 3 heteroatoms. The first-order valence-electron chi connectivity index (χ1n) is 3.00. The summed E-state index contributed by atoms with van der Waals surface area (Å²) >= 11 is 5.68. The normalized spacial score (nSPS) is 12.1. The predicted molar refractivity (Wildman–Crippen MR) is 43.0 cm³/mol. The lowest BCUT2D eigenvalue weighted by Crippen LogP contribution is -1.97. The second kappa shape index (κ2) is 3.38. The molecule has 0 aliphatic heterocycles. The number of terminal acetylenes is 1. The first-order valence-corrected chi connectivity index (χ1v) is 3.38. The molecule has 2 nitrogen and oxygen atoms in total. The molecule has 56 valence electrons. The summed E-state index contributed by atoms with van der Waals surface area (Å²) in [6, 6.07) is 3.31. The molecule has 0 saturated carbocycles. The Morgan fingerprint density at radius 1 is 1.73 bits per heavy atom. The maximum atomic E-state index is 9.13. The topological polar surface area (TPSA) is 33.1 Å². The average Bonchev–Trinajstić information content (AvgIpc) is 2.04. The van der Waals surface area contributed by atoms with E-state index in [9.17, 15) is 0 Å². The maximum absolute atomic E-state index is 9.13. The van der Waals surface area contributed by atoms with Crippen molar-refractivity contribution in [2.24, 2.45) is 0 Å². The van der Waals surface area contributed by atoms with Crippen LogP contribution in [-0.4, -0.2) is 10.1 Å². The van der Waals surface area contributed by atoms with E-state index in [1.807, 2.05) is 0 Å². The van der Waals surface area contributed by atoms with Gasteiger partial charge in [-0.2, -0.15) is 0 Å². The highest BCUT2D eigenvalue weighted by molar-refractivity contribution is 6.31. The maximum Gasteiger partial charge on any atom is 0.158 e. The number of aliphatic hydroxyl groups excluding tert-OH is 1. The van der Waals surface area contributed by atoms with Gasteiger partial charge in [-0.3, -0.25) is 4.98 Å². The highest BCUT2D eigenvalue weighted by Crippen LogP contribution is 2.18. The summed E-state index contributed by atoms with van der Waals surface area (Å²) in [4.78, 5) is 3.82. The van der Waals surface area contributed by atoms with Crippen molar-refractivity contribution in [1.29, 1.82) is 0 Å². The summed E-state index contributed by atoms with van der Waals surface area (Å²) in [5, 5.41) is 9.51. The Morgan fingerprint density at radius 2 is 2.45 bits per heavy atom. The van der Waals surface area contributed by atoms with Crippen molar-refractivity contribution in [1.82, 2.24) is 4.98 Å². The third-order valence-corrected chi connectivity index (χ3v) is 1.52. The van der Waals surface area contributed by atoms with E-state index in [1.165, 1.54) is 6.20 Å². The van der Waals surface area contributed by atoms with Gasteiger partial charge in [-0.15, -0.1) is 6.42 Å². The molecule has 1 aromatic heterocycles. The van der Waals surface area contributed by atoms with Crippen LogP contribution in [0.2, 0.25) is 5.02 Å². The van der Waals surface area contributed by atoms with Gasteiger partial charge in [-0.25, -0.2) is 0 Å². The predicted octanol–water partition coefficient (Wildman–Crippen LogP) is 1.40. The van der Waals surface area contributed by atoms with Crippen LogP contribution in [0.15, 0.2) is 18.3 Å². The summed E-state index contributed by atoms with van der Waals surface area (Å²) in [7, 11) is 0. The van der Waals surface area contributed by atoms with E-state index < -0.39 is 6.10 Å². The van der Waals surface area contributed by atoms with Gasteiger partial charge in [0.1, 0.15) is 0 Å². The van der Waals surface area contributed by atoms with Crippen molar-refractivity contribution in [2.75, 3.05) is 0 Å².